The van der Waals surface area contributed by atoms with E-state index in [9.17, 15) is 14.4 Å². The van der Waals surface area contributed by atoms with Crippen LogP contribution in [0.1, 0.15) is 6.42 Å². The third-order valence-electron chi connectivity index (χ3n) is 2.91. The lowest BCUT2D eigenvalue weighted by molar-refractivity contribution is -0.141. The standard InChI is InChI=1S/C11H20N4O4/c1-14(2)10(18)12-4-5-13-11(19)15-6-3-8(7-15)9(16)17/h8H,3-7H2,1-2H3,(H,12,18)(H,13,19)(H,16,17). The van der Waals surface area contributed by atoms with Gasteiger partial charge in [-0.25, -0.2) is 9.59 Å². The van der Waals surface area contributed by atoms with Crippen molar-refractivity contribution in [2.75, 3.05) is 40.3 Å². The molecule has 0 spiro atoms. The van der Waals surface area contributed by atoms with Gasteiger partial charge >= 0.3 is 18.0 Å². The van der Waals surface area contributed by atoms with E-state index >= 15 is 0 Å². The van der Waals surface area contributed by atoms with Gasteiger partial charge in [0, 0.05) is 40.3 Å². The molecular formula is C11H20N4O4. The molecule has 1 fully saturated rings. The van der Waals surface area contributed by atoms with Crippen LogP contribution in [0.5, 0.6) is 0 Å². The zero-order chi connectivity index (χ0) is 14.4. The predicted octanol–water partition coefficient (Wildman–Crippen LogP) is -0.626. The molecule has 3 N–H and O–H groups in total. The Hall–Kier alpha value is -1.99. The summed E-state index contributed by atoms with van der Waals surface area (Å²) in [4.78, 5) is 36.5. The Bertz CT molecular complexity index is 359. The van der Waals surface area contributed by atoms with Gasteiger partial charge in [-0.1, -0.05) is 0 Å². The monoisotopic (exact) mass is 272 g/mol. The van der Waals surface area contributed by atoms with Crippen molar-refractivity contribution in [3.63, 3.8) is 0 Å². The molecule has 1 heterocycles. The van der Waals surface area contributed by atoms with E-state index in [0.29, 0.717) is 26.1 Å². The first kappa shape index (κ1) is 15.1. The molecule has 1 saturated heterocycles. The second-order valence-electron chi connectivity index (χ2n) is 4.63. The van der Waals surface area contributed by atoms with Crippen LogP contribution < -0.4 is 10.6 Å². The average molecular weight is 272 g/mol. The van der Waals surface area contributed by atoms with Crippen LogP contribution in [-0.2, 0) is 4.79 Å². The molecule has 108 valence electrons. The van der Waals surface area contributed by atoms with Crippen LogP contribution in [0.4, 0.5) is 9.59 Å². The smallest absolute Gasteiger partial charge is 0.317 e. The van der Waals surface area contributed by atoms with Crippen LogP contribution in [0.3, 0.4) is 0 Å². The van der Waals surface area contributed by atoms with Crippen molar-refractivity contribution in [2.24, 2.45) is 5.92 Å². The number of carbonyl (C=O) groups is 3. The SMILES string of the molecule is CN(C)C(=O)NCCNC(=O)N1CCC(C(=O)O)C1. The number of nitrogens with one attached hydrogen (secondary N) is 2. The highest BCUT2D eigenvalue weighted by atomic mass is 16.4. The summed E-state index contributed by atoms with van der Waals surface area (Å²) in [5, 5.41) is 14.1. The molecule has 0 aromatic carbocycles. The van der Waals surface area contributed by atoms with Crippen LogP contribution in [0.15, 0.2) is 0 Å². The first-order valence-corrected chi connectivity index (χ1v) is 6.12. The van der Waals surface area contributed by atoms with Gasteiger partial charge in [-0.3, -0.25) is 4.79 Å². The number of aliphatic carboxylic acids is 1. The van der Waals surface area contributed by atoms with Crippen molar-refractivity contribution in [1.29, 1.82) is 0 Å². The van der Waals surface area contributed by atoms with E-state index in [1.54, 1.807) is 14.1 Å². The van der Waals surface area contributed by atoms with Gasteiger partial charge in [0.15, 0.2) is 0 Å². The van der Waals surface area contributed by atoms with Gasteiger partial charge in [0.1, 0.15) is 0 Å². The maximum absolute atomic E-state index is 11.7. The van der Waals surface area contributed by atoms with E-state index < -0.39 is 11.9 Å². The molecule has 19 heavy (non-hydrogen) atoms. The number of urea groups is 2. The van der Waals surface area contributed by atoms with Gasteiger partial charge in [0.25, 0.3) is 0 Å². The highest BCUT2D eigenvalue weighted by Crippen LogP contribution is 2.15. The highest BCUT2D eigenvalue weighted by Gasteiger charge is 2.30. The van der Waals surface area contributed by atoms with Crippen molar-refractivity contribution >= 4 is 18.0 Å². The minimum atomic E-state index is -0.867. The summed E-state index contributed by atoms with van der Waals surface area (Å²) in [6, 6.07) is -0.510. The Kier molecular flexibility index (Phi) is 5.40. The Labute approximate surface area is 111 Å². The molecule has 1 rings (SSSR count). The van der Waals surface area contributed by atoms with Crippen molar-refractivity contribution in [2.45, 2.75) is 6.42 Å². The van der Waals surface area contributed by atoms with E-state index in [1.165, 1.54) is 9.80 Å². The zero-order valence-corrected chi connectivity index (χ0v) is 11.2. The van der Waals surface area contributed by atoms with Crippen molar-refractivity contribution in [3.05, 3.63) is 0 Å². The van der Waals surface area contributed by atoms with E-state index in [2.05, 4.69) is 10.6 Å². The van der Waals surface area contributed by atoms with Gasteiger partial charge in [0.2, 0.25) is 0 Å². The summed E-state index contributed by atoms with van der Waals surface area (Å²) in [6.45, 7) is 1.34. The number of carboxylic acids is 1. The Balaban J connectivity index is 2.19. The Morgan fingerprint density at radius 3 is 2.42 bits per heavy atom. The largest absolute Gasteiger partial charge is 0.481 e. The number of nitrogens with zero attached hydrogens (tertiary/aromatic N) is 2. The van der Waals surface area contributed by atoms with E-state index in [0.717, 1.165) is 0 Å². The van der Waals surface area contributed by atoms with Gasteiger partial charge in [-0.05, 0) is 6.42 Å². The molecule has 8 nitrogen and oxygen atoms in total. The molecule has 0 saturated carbocycles. The maximum atomic E-state index is 11.7. The molecule has 8 heteroatoms. The summed E-state index contributed by atoms with van der Waals surface area (Å²) in [6.07, 6.45) is 0.486. The van der Waals surface area contributed by atoms with Crippen LogP contribution in [0, 0.1) is 5.92 Å². The summed E-state index contributed by atoms with van der Waals surface area (Å²) in [5.74, 6) is -1.34. The molecule has 0 bridgehead atoms. The fraction of sp³-hybridized carbons (Fsp3) is 0.727. The number of hydrogen-bond acceptors (Lipinski definition) is 3. The van der Waals surface area contributed by atoms with Crippen molar-refractivity contribution in [3.8, 4) is 0 Å². The van der Waals surface area contributed by atoms with Crippen LogP contribution in [-0.4, -0.2) is 73.2 Å². The molecule has 0 aromatic heterocycles. The maximum Gasteiger partial charge on any atom is 0.317 e. The topological polar surface area (TPSA) is 102 Å². The molecule has 1 aliphatic rings. The first-order chi connectivity index (χ1) is 8.91. The van der Waals surface area contributed by atoms with Crippen LogP contribution in [0.25, 0.3) is 0 Å². The summed E-state index contributed by atoms with van der Waals surface area (Å²) < 4.78 is 0. The average Bonchev–Trinajstić information content (AvgIpc) is 2.83. The number of rotatable bonds is 4. The van der Waals surface area contributed by atoms with Crippen LogP contribution in [0.2, 0.25) is 0 Å². The summed E-state index contributed by atoms with van der Waals surface area (Å²) in [7, 11) is 3.26. The lowest BCUT2D eigenvalue weighted by Gasteiger charge is -2.17. The molecule has 4 amide bonds. The number of carbonyl (C=O) groups excluding carboxylic acids is 2. The lowest BCUT2D eigenvalue weighted by Crippen LogP contribution is -2.43. The minimum Gasteiger partial charge on any atom is -0.481 e. The molecule has 1 aliphatic heterocycles. The fourth-order valence-electron chi connectivity index (χ4n) is 1.76. The normalized spacial score (nSPS) is 18.0. The summed E-state index contributed by atoms with van der Waals surface area (Å²) in [5.41, 5.74) is 0. The number of hydrogen-bond donors (Lipinski definition) is 3. The lowest BCUT2D eigenvalue weighted by atomic mass is 10.1. The Morgan fingerprint density at radius 1 is 1.26 bits per heavy atom. The molecule has 0 aromatic rings. The highest BCUT2D eigenvalue weighted by molar-refractivity contribution is 5.77. The molecule has 0 radical (unpaired) electrons. The molecule has 1 unspecified atom stereocenters. The van der Waals surface area contributed by atoms with E-state index in [1.807, 2.05) is 0 Å². The molecular weight excluding hydrogens is 252 g/mol. The predicted molar refractivity (Wildman–Crippen MR) is 67.8 cm³/mol. The molecule has 1 atom stereocenters. The quantitative estimate of drug-likeness (QED) is 0.593. The van der Waals surface area contributed by atoms with Crippen LogP contribution >= 0.6 is 0 Å². The van der Waals surface area contributed by atoms with Crippen molar-refractivity contribution < 1.29 is 19.5 Å². The Morgan fingerprint density at radius 2 is 1.89 bits per heavy atom. The second kappa shape index (κ2) is 6.81. The zero-order valence-electron chi connectivity index (χ0n) is 11.2. The third kappa shape index (κ3) is 4.65. The third-order valence-corrected chi connectivity index (χ3v) is 2.91. The van der Waals surface area contributed by atoms with Gasteiger partial charge in [-0.15, -0.1) is 0 Å². The number of likely N-dealkylation sites (tertiary alicyclic amines) is 1. The minimum absolute atomic E-state index is 0.221. The van der Waals surface area contributed by atoms with Gasteiger partial charge in [-0.2, -0.15) is 0 Å². The first-order valence-electron chi connectivity index (χ1n) is 6.12. The second-order valence-corrected chi connectivity index (χ2v) is 4.63. The fourth-order valence-corrected chi connectivity index (χ4v) is 1.76. The van der Waals surface area contributed by atoms with E-state index in [-0.39, 0.29) is 18.6 Å². The number of amides is 4. The molecule has 0 aliphatic carbocycles. The number of carboxylic acid groups (broad SMARTS) is 1. The summed E-state index contributed by atoms with van der Waals surface area (Å²) >= 11 is 0. The van der Waals surface area contributed by atoms with Crippen molar-refractivity contribution in [1.82, 2.24) is 20.4 Å². The van der Waals surface area contributed by atoms with Gasteiger partial charge < -0.3 is 25.5 Å². The van der Waals surface area contributed by atoms with Gasteiger partial charge in [0.05, 0.1) is 5.92 Å². The van der Waals surface area contributed by atoms with E-state index in [4.69, 9.17) is 5.11 Å².